The van der Waals surface area contributed by atoms with Gasteiger partial charge in [0.2, 0.25) is 5.91 Å². The molecule has 7 nitrogen and oxygen atoms in total. The van der Waals surface area contributed by atoms with Crippen LogP contribution in [0.1, 0.15) is 54.1 Å². The van der Waals surface area contributed by atoms with Crippen LogP contribution in [0.25, 0.3) is 0 Å². The fraction of sp³-hybridized carbons (Fsp3) is 0.500. The Hall–Kier alpha value is -3.06. The van der Waals surface area contributed by atoms with Crippen molar-refractivity contribution in [2.45, 2.75) is 50.2 Å². The molecule has 5 rings (SSSR count). The van der Waals surface area contributed by atoms with Crippen molar-refractivity contribution in [2.75, 3.05) is 37.9 Å². The summed E-state index contributed by atoms with van der Waals surface area (Å²) in [6.07, 6.45) is 4.66. The average Bonchev–Trinajstić information content (AvgIpc) is 3.35. The van der Waals surface area contributed by atoms with E-state index in [0.29, 0.717) is 18.1 Å². The molecule has 1 saturated heterocycles. The lowest BCUT2D eigenvalue weighted by atomic mass is 9.81. The Balaban J connectivity index is 1.36. The van der Waals surface area contributed by atoms with Crippen LogP contribution in [-0.4, -0.2) is 56.1 Å². The third-order valence-corrected chi connectivity index (χ3v) is 8.05. The second-order valence-corrected chi connectivity index (χ2v) is 10.0. The zero-order valence-corrected chi connectivity index (χ0v) is 20.6. The highest BCUT2D eigenvalue weighted by Crippen LogP contribution is 2.47. The monoisotopic (exact) mass is 476 g/mol. The van der Waals surface area contributed by atoms with Gasteiger partial charge in [-0.15, -0.1) is 0 Å². The summed E-state index contributed by atoms with van der Waals surface area (Å²) in [4.78, 5) is 29.2. The molecule has 2 aromatic carbocycles. The molecule has 7 heteroatoms. The average molecular weight is 477 g/mol. The molecule has 35 heavy (non-hydrogen) atoms. The smallest absolute Gasteiger partial charge is 0.251 e. The maximum absolute atomic E-state index is 14.1. The lowest BCUT2D eigenvalue weighted by molar-refractivity contribution is -0.139. The summed E-state index contributed by atoms with van der Waals surface area (Å²) in [7, 11) is 3.59. The van der Waals surface area contributed by atoms with Crippen molar-refractivity contribution in [3.8, 4) is 0 Å². The highest BCUT2D eigenvalue weighted by atomic mass is 16.5. The highest BCUT2D eigenvalue weighted by Gasteiger charge is 2.48. The molecule has 2 heterocycles. The van der Waals surface area contributed by atoms with Crippen LogP contribution in [0.3, 0.4) is 0 Å². The largest absolute Gasteiger partial charge is 0.388 e. The maximum Gasteiger partial charge on any atom is 0.251 e. The first kappa shape index (κ1) is 23.7. The number of carbonyl (C=O) groups is 2. The van der Waals surface area contributed by atoms with Crippen molar-refractivity contribution in [3.05, 3.63) is 59.7 Å². The zero-order chi connectivity index (χ0) is 24.4. The van der Waals surface area contributed by atoms with Crippen LogP contribution in [0, 0.1) is 11.8 Å². The second-order valence-electron chi connectivity index (χ2n) is 10.0. The molecule has 0 bridgehead atoms. The van der Waals surface area contributed by atoms with E-state index in [2.05, 4.69) is 39.0 Å². The van der Waals surface area contributed by atoms with E-state index in [0.717, 1.165) is 50.0 Å². The maximum atomic E-state index is 14.1. The van der Waals surface area contributed by atoms with Crippen LogP contribution in [0.2, 0.25) is 0 Å². The lowest BCUT2D eigenvalue weighted by Gasteiger charge is -2.41. The Morgan fingerprint density at radius 3 is 2.60 bits per heavy atom. The summed E-state index contributed by atoms with van der Waals surface area (Å²) in [5.74, 6) is 0.201. The topological polar surface area (TPSA) is 82.7 Å². The summed E-state index contributed by atoms with van der Waals surface area (Å²) in [6, 6.07) is 15.9. The van der Waals surface area contributed by atoms with Gasteiger partial charge >= 0.3 is 0 Å². The Morgan fingerprint density at radius 2 is 1.83 bits per heavy atom. The Morgan fingerprint density at radius 1 is 1.06 bits per heavy atom. The number of methoxy groups -OCH3 is 1. The molecule has 0 aromatic heterocycles. The summed E-state index contributed by atoms with van der Waals surface area (Å²) >= 11 is 0. The number of nitrogens with one attached hydrogen (secondary N) is 3. The minimum atomic E-state index is -0.189. The molecule has 0 spiro atoms. The van der Waals surface area contributed by atoms with Gasteiger partial charge in [-0.25, -0.2) is 0 Å². The number of carbonyl (C=O) groups excluding carboxylic acids is 2. The third kappa shape index (κ3) is 4.61. The van der Waals surface area contributed by atoms with E-state index in [1.165, 1.54) is 5.56 Å². The van der Waals surface area contributed by atoms with Crippen molar-refractivity contribution >= 4 is 23.2 Å². The summed E-state index contributed by atoms with van der Waals surface area (Å²) in [5.41, 5.74) is 3.87. The van der Waals surface area contributed by atoms with Crippen LogP contribution in [0.15, 0.2) is 48.5 Å². The molecule has 0 radical (unpaired) electrons. The third-order valence-electron chi connectivity index (χ3n) is 8.05. The fourth-order valence-electron chi connectivity index (χ4n) is 6.27. The first-order chi connectivity index (χ1) is 17.1. The van der Waals surface area contributed by atoms with E-state index in [1.54, 1.807) is 7.11 Å². The van der Waals surface area contributed by atoms with Gasteiger partial charge in [0.25, 0.3) is 5.91 Å². The number of amides is 2. The van der Waals surface area contributed by atoms with Crippen molar-refractivity contribution in [2.24, 2.45) is 11.8 Å². The number of para-hydroxylation sites is 1. The van der Waals surface area contributed by atoms with Crippen LogP contribution in [-0.2, 0) is 9.53 Å². The number of benzene rings is 2. The van der Waals surface area contributed by atoms with E-state index in [4.69, 9.17) is 4.74 Å². The van der Waals surface area contributed by atoms with Gasteiger partial charge < -0.3 is 25.6 Å². The quantitative estimate of drug-likeness (QED) is 0.586. The number of fused-ring (bicyclic) bond motifs is 3. The molecule has 5 atom stereocenters. The second kappa shape index (κ2) is 10.3. The molecule has 3 aliphatic rings. The first-order valence-corrected chi connectivity index (χ1v) is 12.8. The van der Waals surface area contributed by atoms with Gasteiger partial charge in [0.1, 0.15) is 0 Å². The minimum Gasteiger partial charge on any atom is -0.388 e. The van der Waals surface area contributed by atoms with Crippen LogP contribution in [0.4, 0.5) is 11.4 Å². The zero-order valence-electron chi connectivity index (χ0n) is 20.6. The fourth-order valence-corrected chi connectivity index (χ4v) is 6.27. The van der Waals surface area contributed by atoms with Gasteiger partial charge in [-0.1, -0.05) is 31.0 Å². The lowest BCUT2D eigenvalue weighted by Crippen LogP contribution is -2.50. The van der Waals surface area contributed by atoms with Crippen molar-refractivity contribution in [1.82, 2.24) is 10.2 Å². The van der Waals surface area contributed by atoms with E-state index in [-0.39, 0.29) is 35.9 Å². The van der Waals surface area contributed by atoms with E-state index in [1.807, 2.05) is 37.4 Å². The Bertz CT molecular complexity index is 1060. The van der Waals surface area contributed by atoms with Crippen molar-refractivity contribution in [3.63, 3.8) is 0 Å². The van der Waals surface area contributed by atoms with Crippen molar-refractivity contribution < 1.29 is 14.3 Å². The predicted octanol–water partition coefficient (Wildman–Crippen LogP) is 4.05. The van der Waals surface area contributed by atoms with E-state index >= 15 is 0 Å². The molecule has 2 fully saturated rings. The van der Waals surface area contributed by atoms with Crippen LogP contribution in [0.5, 0.6) is 0 Å². The van der Waals surface area contributed by atoms with Gasteiger partial charge in [-0.3, -0.25) is 9.59 Å². The normalized spacial score (nSPS) is 27.4. The molecule has 1 aliphatic carbocycles. The van der Waals surface area contributed by atoms with Gasteiger partial charge in [-0.2, -0.15) is 0 Å². The molecular formula is C28H36N4O3. The molecule has 1 saturated carbocycles. The Labute approximate surface area is 207 Å². The summed E-state index contributed by atoms with van der Waals surface area (Å²) in [5, 5.41) is 9.93. The molecule has 2 amide bonds. The molecule has 186 valence electrons. The molecule has 3 N–H and O–H groups in total. The summed E-state index contributed by atoms with van der Waals surface area (Å²) < 4.78 is 5.52. The van der Waals surface area contributed by atoms with Crippen molar-refractivity contribution in [1.29, 1.82) is 0 Å². The number of anilines is 2. The molecule has 2 aliphatic heterocycles. The Kier molecular flexibility index (Phi) is 6.95. The summed E-state index contributed by atoms with van der Waals surface area (Å²) in [6.45, 7) is 1.36. The van der Waals surface area contributed by atoms with Crippen LogP contribution < -0.4 is 16.0 Å². The first-order valence-electron chi connectivity index (χ1n) is 12.8. The van der Waals surface area contributed by atoms with Gasteiger partial charge in [-0.05, 0) is 55.2 Å². The van der Waals surface area contributed by atoms with Gasteiger partial charge in [0, 0.05) is 49.6 Å². The van der Waals surface area contributed by atoms with Gasteiger partial charge in [0.15, 0.2) is 0 Å². The number of ether oxygens (including phenoxy) is 1. The number of hydrogen-bond donors (Lipinski definition) is 3. The predicted molar refractivity (Wildman–Crippen MR) is 137 cm³/mol. The molecular weight excluding hydrogens is 440 g/mol. The van der Waals surface area contributed by atoms with E-state index in [9.17, 15) is 9.59 Å². The number of hydrogen-bond acceptors (Lipinski definition) is 5. The van der Waals surface area contributed by atoms with E-state index < -0.39 is 0 Å². The highest BCUT2D eigenvalue weighted by molar-refractivity contribution is 5.95. The minimum absolute atomic E-state index is 0.0486. The molecule has 2 aromatic rings. The number of likely N-dealkylation sites (tertiary alicyclic amines) is 1. The number of rotatable bonds is 6. The standard InChI is InChI=1S/C28H36N4O3/c1-29-19-13-11-18(12-14-19)27(33)31-24-10-6-4-8-22(24)28(34)32-16-15-21-25(17-35-2)30-23-9-5-3-7-20(23)26(21)32/h3,5,7,9,11-14,21-22,24-26,29-30H,4,6,8,10,15-17H2,1-2H3,(H,31,33)/t21-,22?,24+,25-,26-/m0/s1. The number of nitrogens with zero attached hydrogens (tertiary/aromatic N) is 1. The van der Waals surface area contributed by atoms with Crippen LogP contribution >= 0.6 is 0 Å². The molecule has 1 unspecified atom stereocenters. The van der Waals surface area contributed by atoms with Gasteiger partial charge in [0.05, 0.1) is 24.6 Å². The SMILES string of the molecule is CNc1ccc(C(=O)N[C@@H]2CCCCC2C(=O)N2CC[C@H]3[C@H](COC)Nc4ccccc4[C@@H]32)cc1.